The Labute approximate surface area is 205 Å². The lowest BCUT2D eigenvalue weighted by Gasteiger charge is -2.25. The molecule has 0 radical (unpaired) electrons. The smallest absolute Gasteiger partial charge is 0.459 e. The number of para-hydroxylation sites is 1. The Bertz CT molecular complexity index is 1220. The van der Waals surface area contributed by atoms with Crippen LogP contribution in [0.4, 0.5) is 4.39 Å². The maximum absolute atomic E-state index is 15.4. The van der Waals surface area contributed by atoms with E-state index >= 15 is 4.39 Å². The summed E-state index contributed by atoms with van der Waals surface area (Å²) in [4.78, 5) is 37.7. The van der Waals surface area contributed by atoms with Crippen molar-refractivity contribution in [1.82, 2.24) is 14.6 Å². The van der Waals surface area contributed by atoms with Gasteiger partial charge in [0.15, 0.2) is 11.9 Å². The molecule has 198 valence electrons. The van der Waals surface area contributed by atoms with Crippen molar-refractivity contribution in [3.63, 3.8) is 0 Å². The van der Waals surface area contributed by atoms with Gasteiger partial charge in [-0.05, 0) is 39.8 Å². The van der Waals surface area contributed by atoms with E-state index in [-0.39, 0.29) is 5.75 Å². The van der Waals surface area contributed by atoms with E-state index in [0.717, 1.165) is 23.8 Å². The van der Waals surface area contributed by atoms with Crippen LogP contribution in [0.25, 0.3) is 0 Å². The van der Waals surface area contributed by atoms with Crippen LogP contribution in [0.5, 0.6) is 5.75 Å². The lowest BCUT2D eigenvalue weighted by molar-refractivity contribution is -0.149. The summed E-state index contributed by atoms with van der Waals surface area (Å²) >= 11 is 0. The summed E-state index contributed by atoms with van der Waals surface area (Å²) < 4.78 is 51.4. The number of nitrogens with one attached hydrogen (secondary N) is 2. The molecule has 12 nitrogen and oxygen atoms in total. The van der Waals surface area contributed by atoms with Gasteiger partial charge < -0.3 is 19.1 Å². The van der Waals surface area contributed by atoms with Crippen LogP contribution in [-0.4, -0.2) is 57.3 Å². The van der Waals surface area contributed by atoms with Gasteiger partial charge in [-0.25, -0.2) is 13.8 Å². The van der Waals surface area contributed by atoms with E-state index in [1.165, 1.54) is 19.1 Å². The number of esters is 1. The molecular weight excluding hydrogens is 500 g/mol. The summed E-state index contributed by atoms with van der Waals surface area (Å²) in [5.74, 6) is -0.560. The zero-order valence-corrected chi connectivity index (χ0v) is 21.0. The lowest BCUT2D eigenvalue weighted by Crippen LogP contribution is -2.43. The Morgan fingerprint density at radius 3 is 2.56 bits per heavy atom. The largest absolute Gasteiger partial charge is 0.462 e. The summed E-state index contributed by atoms with van der Waals surface area (Å²) in [5.41, 5.74) is -4.12. The number of rotatable bonds is 10. The molecule has 2 aromatic rings. The average Bonchev–Trinajstić information content (AvgIpc) is 3.01. The van der Waals surface area contributed by atoms with Gasteiger partial charge in [0, 0.05) is 12.3 Å². The molecule has 0 amide bonds. The number of hydrogen-bond donors (Lipinski definition) is 3. The molecule has 0 spiro atoms. The number of carbonyl (C=O) groups excluding carboxylic acids is 1. The van der Waals surface area contributed by atoms with Gasteiger partial charge in [-0.3, -0.25) is 23.7 Å². The fourth-order valence-corrected chi connectivity index (χ4v) is 4.97. The summed E-state index contributed by atoms with van der Waals surface area (Å²) in [7, 11) is -4.30. The van der Waals surface area contributed by atoms with E-state index in [1.54, 1.807) is 32.0 Å². The first kappa shape index (κ1) is 27.8. The molecule has 1 aromatic heterocycles. The van der Waals surface area contributed by atoms with Gasteiger partial charge in [0.05, 0.1) is 12.7 Å². The second kappa shape index (κ2) is 11.1. The van der Waals surface area contributed by atoms with Gasteiger partial charge in [0.1, 0.15) is 24.0 Å². The van der Waals surface area contributed by atoms with Crippen LogP contribution >= 0.6 is 7.75 Å². The van der Waals surface area contributed by atoms with Gasteiger partial charge in [0.25, 0.3) is 5.56 Å². The van der Waals surface area contributed by atoms with Crippen LogP contribution < -0.4 is 20.9 Å². The van der Waals surface area contributed by atoms with Gasteiger partial charge in [-0.15, -0.1) is 0 Å². The van der Waals surface area contributed by atoms with Crippen molar-refractivity contribution in [2.45, 2.75) is 63.9 Å². The molecule has 1 aromatic carbocycles. The number of hydrogen-bond acceptors (Lipinski definition) is 9. The maximum atomic E-state index is 15.4. The molecule has 0 aliphatic carbocycles. The number of aromatic amines is 1. The highest BCUT2D eigenvalue weighted by Crippen LogP contribution is 2.47. The number of aliphatic hydroxyl groups excluding tert-OH is 1. The lowest BCUT2D eigenvalue weighted by atomic mass is 9.98. The van der Waals surface area contributed by atoms with Crippen molar-refractivity contribution in [3.05, 3.63) is 63.4 Å². The van der Waals surface area contributed by atoms with E-state index in [9.17, 15) is 24.1 Å². The summed E-state index contributed by atoms with van der Waals surface area (Å²) in [6.07, 6.45) is -4.21. The predicted molar refractivity (Wildman–Crippen MR) is 125 cm³/mol. The molecule has 6 atom stereocenters. The van der Waals surface area contributed by atoms with Crippen molar-refractivity contribution < 1.29 is 37.4 Å². The van der Waals surface area contributed by atoms with Gasteiger partial charge in [-0.1, -0.05) is 18.2 Å². The minimum Gasteiger partial charge on any atom is -0.462 e. The van der Waals surface area contributed by atoms with Crippen LogP contribution in [-0.2, 0) is 23.4 Å². The van der Waals surface area contributed by atoms with Crippen LogP contribution in [0.15, 0.2) is 52.2 Å². The Morgan fingerprint density at radius 1 is 1.28 bits per heavy atom. The number of halogens is 1. The Balaban J connectivity index is 1.80. The number of carbonyl (C=O) groups is 1. The zero-order chi connectivity index (χ0) is 26.7. The highest BCUT2D eigenvalue weighted by atomic mass is 31.2. The quantitative estimate of drug-likeness (QED) is 0.305. The average molecular weight is 529 g/mol. The topological polar surface area (TPSA) is 158 Å². The normalized spacial score (nSPS) is 26.4. The first-order valence-electron chi connectivity index (χ1n) is 11.1. The summed E-state index contributed by atoms with van der Waals surface area (Å²) in [5, 5.41) is 13.0. The zero-order valence-electron chi connectivity index (χ0n) is 20.1. The van der Waals surface area contributed by atoms with Crippen molar-refractivity contribution in [2.24, 2.45) is 0 Å². The Morgan fingerprint density at radius 2 is 1.94 bits per heavy atom. The number of aromatic nitrogens is 2. The SMILES string of the molecule is CC(C)OC(=O)[C@H](C)NP(=O)(OCC1OC(n2ccc(=O)[nH]c2=O)C(C)(F)C1O)Oc1ccccc1. The minimum atomic E-state index is -4.30. The molecule has 5 unspecified atom stereocenters. The number of alkyl halides is 1. The molecular formula is C22H29FN3O9P. The fraction of sp³-hybridized carbons (Fsp3) is 0.500. The van der Waals surface area contributed by atoms with Gasteiger partial charge in [-0.2, -0.15) is 5.09 Å². The van der Waals surface area contributed by atoms with E-state index in [0.29, 0.717) is 0 Å². The first-order chi connectivity index (χ1) is 16.8. The third kappa shape index (κ3) is 6.48. The minimum absolute atomic E-state index is 0.152. The number of ether oxygens (including phenoxy) is 2. The van der Waals surface area contributed by atoms with E-state index in [4.69, 9.17) is 18.5 Å². The summed E-state index contributed by atoms with van der Waals surface area (Å²) in [6, 6.07) is 7.86. The maximum Gasteiger partial charge on any atom is 0.459 e. The molecule has 2 heterocycles. The van der Waals surface area contributed by atoms with Crippen LogP contribution in [0, 0.1) is 0 Å². The molecule has 1 aliphatic rings. The molecule has 0 saturated carbocycles. The second-order valence-corrected chi connectivity index (χ2v) is 10.4. The molecule has 1 saturated heterocycles. The number of H-pyrrole nitrogens is 1. The van der Waals surface area contributed by atoms with Crippen molar-refractivity contribution in [3.8, 4) is 5.75 Å². The molecule has 3 N–H and O–H groups in total. The predicted octanol–water partition coefficient (Wildman–Crippen LogP) is 1.66. The third-order valence-electron chi connectivity index (χ3n) is 5.26. The van der Waals surface area contributed by atoms with Gasteiger partial charge in [0.2, 0.25) is 0 Å². The molecule has 1 fully saturated rings. The van der Waals surface area contributed by atoms with Crippen LogP contribution in [0.1, 0.15) is 33.9 Å². The summed E-state index contributed by atoms with van der Waals surface area (Å²) in [6.45, 7) is 5.07. The Hall–Kier alpha value is -2.83. The number of benzene rings is 1. The monoisotopic (exact) mass is 529 g/mol. The van der Waals surface area contributed by atoms with E-state index < -0.39 is 67.8 Å². The molecule has 36 heavy (non-hydrogen) atoms. The van der Waals surface area contributed by atoms with Crippen LogP contribution in [0.3, 0.4) is 0 Å². The fourth-order valence-electron chi connectivity index (χ4n) is 3.47. The highest BCUT2D eigenvalue weighted by Gasteiger charge is 2.55. The van der Waals surface area contributed by atoms with E-state index in [1.807, 2.05) is 4.98 Å². The van der Waals surface area contributed by atoms with E-state index in [2.05, 4.69) is 5.09 Å². The molecule has 1 aliphatic heterocycles. The van der Waals surface area contributed by atoms with Gasteiger partial charge >= 0.3 is 19.4 Å². The third-order valence-corrected chi connectivity index (χ3v) is 6.90. The molecule has 14 heteroatoms. The molecule has 3 rings (SSSR count). The molecule has 0 bridgehead atoms. The highest BCUT2D eigenvalue weighted by molar-refractivity contribution is 7.52. The number of nitrogens with zero attached hydrogens (tertiary/aromatic N) is 1. The number of aliphatic hydroxyl groups is 1. The van der Waals surface area contributed by atoms with Crippen molar-refractivity contribution >= 4 is 13.7 Å². The van der Waals surface area contributed by atoms with Crippen LogP contribution in [0.2, 0.25) is 0 Å². The second-order valence-electron chi connectivity index (χ2n) is 8.67. The standard InChI is InChI=1S/C22H29FN3O9P/c1-13(2)33-19(29)14(3)25-36(31,35-15-8-6-5-7-9-15)32-12-16-18(28)22(4,23)20(34-16)26-11-10-17(27)24-21(26)30/h5-11,13-14,16,18,20,28H,12H2,1-4H3,(H,25,31)(H,24,27,30)/t14-,16?,18?,20?,22?,36?/m0/s1. The van der Waals surface area contributed by atoms with Crippen molar-refractivity contribution in [1.29, 1.82) is 0 Å². The Kier molecular flexibility index (Phi) is 8.52. The van der Waals surface area contributed by atoms with Crippen molar-refractivity contribution in [2.75, 3.05) is 6.61 Å². The first-order valence-corrected chi connectivity index (χ1v) is 12.7.